The second kappa shape index (κ2) is 5.98. The van der Waals surface area contributed by atoms with Crippen LogP contribution in [0.1, 0.15) is 30.9 Å². The molecule has 1 aromatic rings. The van der Waals surface area contributed by atoms with Crippen LogP contribution in [-0.2, 0) is 23.6 Å². The Morgan fingerprint density at radius 2 is 1.75 bits per heavy atom. The summed E-state index contributed by atoms with van der Waals surface area (Å²) >= 11 is 0. The molecule has 1 fully saturated rings. The molecule has 0 spiro atoms. The van der Waals surface area contributed by atoms with Crippen molar-refractivity contribution in [3.05, 3.63) is 35.4 Å². The molecule has 3 heteroatoms. The summed E-state index contributed by atoms with van der Waals surface area (Å²) in [5.74, 6) is 1.53. The zero-order valence-electron chi connectivity index (χ0n) is 12.5. The molecule has 0 heterocycles. The molecule has 2 aliphatic rings. The van der Waals surface area contributed by atoms with E-state index < -0.39 is 10.8 Å². The van der Waals surface area contributed by atoms with E-state index in [-0.39, 0.29) is 5.25 Å². The third kappa shape index (κ3) is 2.84. The standard InChI is InChI=1S/C17H25NOS/c1-12(20(2)19)11-18-17-15-7-8-16(17)10-14-6-4-3-5-13(14)9-15/h3-6,12,15-18H,7-11H2,1-2H3. The molecule has 4 atom stereocenters. The monoisotopic (exact) mass is 291 g/mol. The van der Waals surface area contributed by atoms with Gasteiger partial charge in [0.15, 0.2) is 0 Å². The van der Waals surface area contributed by atoms with Gasteiger partial charge in [0.2, 0.25) is 0 Å². The zero-order valence-corrected chi connectivity index (χ0v) is 13.3. The van der Waals surface area contributed by atoms with Crippen molar-refractivity contribution in [1.82, 2.24) is 5.32 Å². The number of hydrogen-bond donors (Lipinski definition) is 1. The summed E-state index contributed by atoms with van der Waals surface area (Å²) in [5.41, 5.74) is 3.11. The summed E-state index contributed by atoms with van der Waals surface area (Å²) in [6, 6.07) is 9.56. The molecule has 1 saturated carbocycles. The van der Waals surface area contributed by atoms with Crippen molar-refractivity contribution >= 4 is 10.8 Å². The minimum absolute atomic E-state index is 0.250. The van der Waals surface area contributed by atoms with Gasteiger partial charge in [-0.3, -0.25) is 4.21 Å². The first-order chi connectivity index (χ1) is 9.65. The highest BCUT2D eigenvalue weighted by Gasteiger charge is 2.38. The molecule has 0 aliphatic heterocycles. The minimum atomic E-state index is -0.724. The molecule has 0 saturated heterocycles. The summed E-state index contributed by atoms with van der Waals surface area (Å²) in [4.78, 5) is 0. The van der Waals surface area contributed by atoms with E-state index in [1.807, 2.05) is 6.26 Å². The number of rotatable bonds is 4. The smallest absolute Gasteiger partial charge is 0.0441 e. The fraction of sp³-hybridized carbons (Fsp3) is 0.647. The quantitative estimate of drug-likeness (QED) is 0.923. The summed E-state index contributed by atoms with van der Waals surface area (Å²) in [6.45, 7) is 2.97. The van der Waals surface area contributed by atoms with Gasteiger partial charge < -0.3 is 5.32 Å². The van der Waals surface area contributed by atoms with E-state index >= 15 is 0 Å². The molecule has 1 N–H and O–H groups in total. The first-order valence-electron chi connectivity index (χ1n) is 7.77. The van der Waals surface area contributed by atoms with Crippen LogP contribution in [0, 0.1) is 11.8 Å². The Morgan fingerprint density at radius 3 is 2.25 bits per heavy atom. The van der Waals surface area contributed by atoms with Gasteiger partial charge in [0.1, 0.15) is 0 Å². The van der Waals surface area contributed by atoms with E-state index in [0.717, 1.165) is 18.4 Å². The van der Waals surface area contributed by atoms with Crippen molar-refractivity contribution in [2.24, 2.45) is 11.8 Å². The molecule has 2 nitrogen and oxygen atoms in total. The second-order valence-electron chi connectivity index (χ2n) is 6.52. The van der Waals surface area contributed by atoms with Gasteiger partial charge in [-0.1, -0.05) is 24.3 Å². The van der Waals surface area contributed by atoms with E-state index in [0.29, 0.717) is 6.04 Å². The fourth-order valence-electron chi connectivity index (χ4n) is 3.90. The lowest BCUT2D eigenvalue weighted by atomic mass is 9.94. The third-order valence-corrected chi connectivity index (χ3v) is 6.51. The van der Waals surface area contributed by atoms with Crippen molar-refractivity contribution < 1.29 is 4.21 Å². The molecule has 0 amide bonds. The van der Waals surface area contributed by atoms with E-state index in [1.165, 1.54) is 25.7 Å². The fourth-order valence-corrected chi connectivity index (χ4v) is 4.23. The van der Waals surface area contributed by atoms with Crippen LogP contribution in [0.4, 0.5) is 0 Å². The molecule has 1 aromatic carbocycles. The average Bonchev–Trinajstić information content (AvgIpc) is 2.70. The molecule has 2 aliphatic carbocycles. The Hall–Kier alpha value is -0.670. The van der Waals surface area contributed by atoms with E-state index in [9.17, 15) is 4.21 Å². The van der Waals surface area contributed by atoms with Gasteiger partial charge in [0.25, 0.3) is 0 Å². The average molecular weight is 291 g/mol. The van der Waals surface area contributed by atoms with Crippen LogP contribution >= 0.6 is 0 Å². The second-order valence-corrected chi connectivity index (χ2v) is 8.32. The summed E-state index contributed by atoms with van der Waals surface area (Å²) < 4.78 is 11.5. The van der Waals surface area contributed by atoms with Crippen LogP contribution in [0.15, 0.2) is 24.3 Å². The summed E-state index contributed by atoms with van der Waals surface area (Å²) in [6.07, 6.45) is 6.94. The lowest BCUT2D eigenvalue weighted by molar-refractivity contribution is 0.344. The van der Waals surface area contributed by atoms with Gasteiger partial charge in [-0.05, 0) is 55.6 Å². The van der Waals surface area contributed by atoms with Gasteiger partial charge in [-0.15, -0.1) is 0 Å². The number of nitrogens with one attached hydrogen (secondary N) is 1. The lowest BCUT2D eigenvalue weighted by Gasteiger charge is -2.25. The first-order valence-corrected chi connectivity index (χ1v) is 9.39. The van der Waals surface area contributed by atoms with Crippen LogP contribution in [0.2, 0.25) is 0 Å². The largest absolute Gasteiger partial charge is 0.312 e. The van der Waals surface area contributed by atoms with Gasteiger partial charge in [-0.2, -0.15) is 0 Å². The highest BCUT2D eigenvalue weighted by Crippen LogP contribution is 2.39. The van der Waals surface area contributed by atoms with Gasteiger partial charge in [-0.25, -0.2) is 0 Å². The third-order valence-electron chi connectivity index (χ3n) is 5.21. The van der Waals surface area contributed by atoms with Crippen LogP contribution < -0.4 is 5.32 Å². The molecular weight excluding hydrogens is 266 g/mol. The van der Waals surface area contributed by atoms with Crippen LogP contribution in [0.25, 0.3) is 0 Å². The molecule has 2 bridgehead atoms. The number of benzene rings is 1. The predicted octanol–water partition coefficient (Wildman–Crippen LogP) is 2.54. The maximum Gasteiger partial charge on any atom is 0.0441 e. The Bertz CT molecular complexity index is 469. The molecule has 0 aromatic heterocycles. The van der Waals surface area contributed by atoms with Crippen molar-refractivity contribution in [3.63, 3.8) is 0 Å². The van der Waals surface area contributed by atoms with Crippen molar-refractivity contribution in [3.8, 4) is 0 Å². The highest BCUT2D eigenvalue weighted by atomic mass is 32.2. The molecule has 0 radical (unpaired) electrons. The van der Waals surface area contributed by atoms with E-state index in [4.69, 9.17) is 0 Å². The Labute approximate surface area is 124 Å². The Morgan fingerprint density at radius 1 is 1.20 bits per heavy atom. The zero-order chi connectivity index (χ0) is 14.1. The topological polar surface area (TPSA) is 29.1 Å². The van der Waals surface area contributed by atoms with Crippen molar-refractivity contribution in [2.75, 3.05) is 12.8 Å². The van der Waals surface area contributed by atoms with E-state index in [2.05, 4.69) is 36.5 Å². The van der Waals surface area contributed by atoms with Gasteiger partial charge >= 0.3 is 0 Å². The lowest BCUT2D eigenvalue weighted by Crippen LogP contribution is -2.42. The minimum Gasteiger partial charge on any atom is -0.312 e. The molecular formula is C17H25NOS. The predicted molar refractivity (Wildman–Crippen MR) is 85.4 cm³/mol. The normalized spacial score (nSPS) is 31.4. The van der Waals surface area contributed by atoms with Gasteiger partial charge in [0.05, 0.1) is 0 Å². The molecule has 20 heavy (non-hydrogen) atoms. The SMILES string of the molecule is CC(CNC1C2CCC1Cc1ccccc1C2)S(C)=O. The number of fused-ring (bicyclic) bond motifs is 3. The maximum atomic E-state index is 11.5. The van der Waals surface area contributed by atoms with Crippen molar-refractivity contribution in [2.45, 2.75) is 43.9 Å². The molecule has 4 unspecified atom stereocenters. The number of hydrogen-bond acceptors (Lipinski definition) is 2. The first kappa shape index (κ1) is 14.3. The van der Waals surface area contributed by atoms with Crippen LogP contribution in [0.3, 0.4) is 0 Å². The highest BCUT2D eigenvalue weighted by molar-refractivity contribution is 7.84. The Balaban J connectivity index is 1.71. The molecule has 3 rings (SSSR count). The summed E-state index contributed by atoms with van der Waals surface area (Å²) in [5, 5.41) is 4.00. The van der Waals surface area contributed by atoms with Crippen molar-refractivity contribution in [1.29, 1.82) is 0 Å². The summed E-state index contributed by atoms with van der Waals surface area (Å²) in [7, 11) is -0.724. The van der Waals surface area contributed by atoms with E-state index in [1.54, 1.807) is 11.1 Å². The van der Waals surface area contributed by atoms with Crippen LogP contribution in [0.5, 0.6) is 0 Å². The van der Waals surface area contributed by atoms with Crippen LogP contribution in [-0.4, -0.2) is 28.3 Å². The van der Waals surface area contributed by atoms with Gasteiger partial charge in [0, 0.05) is 34.9 Å². The maximum absolute atomic E-state index is 11.5. The molecule has 110 valence electrons. The Kier molecular flexibility index (Phi) is 4.27.